The van der Waals surface area contributed by atoms with Gasteiger partial charge in [0, 0.05) is 63.3 Å². The van der Waals surface area contributed by atoms with Crippen LogP contribution in [-0.4, -0.2) is 68.4 Å². The maximum absolute atomic E-state index is 6.22. The maximum atomic E-state index is 6.22. The van der Waals surface area contributed by atoms with Crippen molar-refractivity contribution in [3.05, 3.63) is 21.9 Å². The van der Waals surface area contributed by atoms with Crippen LogP contribution in [-0.2, 0) is 16.0 Å². The van der Waals surface area contributed by atoms with Crippen molar-refractivity contribution in [3.63, 3.8) is 0 Å². The monoisotopic (exact) mass is 350 g/mol. The van der Waals surface area contributed by atoms with E-state index in [1.807, 2.05) is 11.3 Å². The predicted molar refractivity (Wildman–Crippen MR) is 97.5 cm³/mol. The Kier molecular flexibility index (Phi) is 5.54. The number of likely N-dealkylation sites (tertiary alicyclic amines) is 1. The highest BCUT2D eigenvalue weighted by atomic mass is 32.1. The van der Waals surface area contributed by atoms with Crippen LogP contribution in [0.4, 0.5) is 0 Å². The summed E-state index contributed by atoms with van der Waals surface area (Å²) < 4.78 is 11.7. The molecular weight excluding hydrogens is 320 g/mol. The van der Waals surface area contributed by atoms with Gasteiger partial charge in [-0.05, 0) is 42.7 Å². The highest BCUT2D eigenvalue weighted by Gasteiger charge is 2.37. The van der Waals surface area contributed by atoms with E-state index >= 15 is 0 Å². The number of aryl methyl sites for hydroxylation is 1. The molecule has 2 atom stereocenters. The standard InChI is InChI=1S/C19H30N2O2S/c1-15-4-9-24-19(15)14-21-12-17-11-20(5-8-23-18(17)13-21)10-16-2-6-22-7-3-16/h4,9,16-18H,2-3,5-8,10-14H2,1H3/t17-,18+/m1/s1. The Labute approximate surface area is 149 Å². The minimum absolute atomic E-state index is 0.435. The van der Waals surface area contributed by atoms with Gasteiger partial charge < -0.3 is 14.4 Å². The SMILES string of the molecule is Cc1ccsc1CN1C[C@H]2CN(CC3CCOCC3)CCO[C@H]2C1. The molecule has 3 aliphatic rings. The van der Waals surface area contributed by atoms with Gasteiger partial charge >= 0.3 is 0 Å². The lowest BCUT2D eigenvalue weighted by atomic mass is 9.98. The fourth-order valence-corrected chi connectivity index (χ4v) is 5.35. The third-order valence-corrected chi connectivity index (χ3v) is 6.89. The fourth-order valence-electron chi connectivity index (χ4n) is 4.41. The molecule has 1 aromatic heterocycles. The van der Waals surface area contributed by atoms with Crippen LogP contribution in [0.5, 0.6) is 0 Å². The average Bonchev–Trinajstić information content (AvgIpc) is 3.10. The van der Waals surface area contributed by atoms with Crippen LogP contribution in [0, 0.1) is 18.8 Å². The van der Waals surface area contributed by atoms with E-state index in [2.05, 4.69) is 28.2 Å². The van der Waals surface area contributed by atoms with Gasteiger partial charge in [-0.15, -0.1) is 11.3 Å². The Morgan fingerprint density at radius 2 is 1.96 bits per heavy atom. The van der Waals surface area contributed by atoms with Crippen LogP contribution in [0.25, 0.3) is 0 Å². The zero-order valence-electron chi connectivity index (χ0n) is 14.8. The zero-order valence-corrected chi connectivity index (χ0v) is 15.6. The third kappa shape index (κ3) is 4.02. The lowest BCUT2D eigenvalue weighted by Gasteiger charge is -2.30. The fraction of sp³-hybridized carbons (Fsp3) is 0.789. The number of ether oxygens (including phenoxy) is 2. The molecule has 5 heteroatoms. The summed E-state index contributed by atoms with van der Waals surface area (Å²) in [5, 5.41) is 2.21. The minimum Gasteiger partial charge on any atom is -0.381 e. The van der Waals surface area contributed by atoms with E-state index in [9.17, 15) is 0 Å². The second-order valence-electron chi connectivity index (χ2n) is 7.71. The van der Waals surface area contributed by atoms with Crippen molar-refractivity contribution < 1.29 is 9.47 Å². The molecule has 3 fully saturated rings. The Balaban J connectivity index is 1.32. The van der Waals surface area contributed by atoms with Crippen molar-refractivity contribution in [2.24, 2.45) is 11.8 Å². The molecule has 1 aromatic rings. The van der Waals surface area contributed by atoms with Gasteiger partial charge in [0.15, 0.2) is 0 Å². The van der Waals surface area contributed by atoms with Crippen molar-refractivity contribution in [1.29, 1.82) is 0 Å². The lowest BCUT2D eigenvalue weighted by Crippen LogP contribution is -2.37. The summed E-state index contributed by atoms with van der Waals surface area (Å²) in [5.74, 6) is 1.49. The topological polar surface area (TPSA) is 24.9 Å². The molecule has 3 saturated heterocycles. The molecule has 0 amide bonds. The maximum Gasteiger partial charge on any atom is 0.0755 e. The largest absolute Gasteiger partial charge is 0.381 e. The van der Waals surface area contributed by atoms with Gasteiger partial charge in [-0.25, -0.2) is 0 Å². The van der Waals surface area contributed by atoms with E-state index in [-0.39, 0.29) is 0 Å². The predicted octanol–water partition coefficient (Wildman–Crippen LogP) is 2.62. The van der Waals surface area contributed by atoms with Gasteiger partial charge in [0.25, 0.3) is 0 Å². The van der Waals surface area contributed by atoms with Crippen LogP contribution in [0.3, 0.4) is 0 Å². The van der Waals surface area contributed by atoms with E-state index in [1.165, 1.54) is 42.9 Å². The Hall–Kier alpha value is -0.460. The molecule has 0 aromatic carbocycles. The van der Waals surface area contributed by atoms with Gasteiger partial charge in [0.2, 0.25) is 0 Å². The van der Waals surface area contributed by atoms with Crippen LogP contribution in [0.1, 0.15) is 23.3 Å². The highest BCUT2D eigenvalue weighted by Crippen LogP contribution is 2.28. The molecule has 134 valence electrons. The Morgan fingerprint density at radius 3 is 2.75 bits per heavy atom. The molecule has 24 heavy (non-hydrogen) atoms. The summed E-state index contributed by atoms with van der Waals surface area (Å²) in [6, 6.07) is 2.24. The molecule has 0 radical (unpaired) electrons. The van der Waals surface area contributed by atoms with Crippen molar-refractivity contribution >= 4 is 11.3 Å². The molecule has 0 spiro atoms. The number of thiophene rings is 1. The summed E-state index contributed by atoms with van der Waals surface area (Å²) in [6.07, 6.45) is 2.90. The van der Waals surface area contributed by atoms with Crippen molar-refractivity contribution in [2.45, 2.75) is 32.4 Å². The number of hydrogen-bond donors (Lipinski definition) is 0. The van der Waals surface area contributed by atoms with Crippen molar-refractivity contribution in [1.82, 2.24) is 9.80 Å². The smallest absolute Gasteiger partial charge is 0.0755 e. The second-order valence-corrected chi connectivity index (χ2v) is 8.71. The van der Waals surface area contributed by atoms with Gasteiger partial charge in [-0.1, -0.05) is 0 Å². The van der Waals surface area contributed by atoms with Crippen molar-refractivity contribution in [3.8, 4) is 0 Å². The van der Waals surface area contributed by atoms with Crippen LogP contribution in [0.2, 0.25) is 0 Å². The number of rotatable bonds is 4. The summed E-state index contributed by atoms with van der Waals surface area (Å²) in [6.45, 7) is 12.0. The van der Waals surface area contributed by atoms with Gasteiger partial charge in [-0.2, -0.15) is 0 Å². The van der Waals surface area contributed by atoms with E-state index in [0.717, 1.165) is 45.4 Å². The highest BCUT2D eigenvalue weighted by molar-refractivity contribution is 7.10. The average molecular weight is 351 g/mol. The normalized spacial score (nSPS) is 30.4. The van der Waals surface area contributed by atoms with E-state index in [1.54, 1.807) is 0 Å². The van der Waals surface area contributed by atoms with E-state index < -0.39 is 0 Å². The van der Waals surface area contributed by atoms with Gasteiger partial charge in [-0.3, -0.25) is 4.90 Å². The quantitative estimate of drug-likeness (QED) is 0.833. The first-order valence-corrected chi connectivity index (χ1v) is 10.3. The second kappa shape index (κ2) is 7.83. The summed E-state index contributed by atoms with van der Waals surface area (Å²) in [5.41, 5.74) is 1.44. The molecule has 0 N–H and O–H groups in total. The Morgan fingerprint density at radius 1 is 1.12 bits per heavy atom. The van der Waals surface area contributed by atoms with Crippen molar-refractivity contribution in [2.75, 3.05) is 52.5 Å². The molecular formula is C19H30N2O2S. The first kappa shape index (κ1) is 17.0. The summed E-state index contributed by atoms with van der Waals surface area (Å²) >= 11 is 1.89. The van der Waals surface area contributed by atoms with Crippen LogP contribution >= 0.6 is 11.3 Å². The summed E-state index contributed by atoms with van der Waals surface area (Å²) in [4.78, 5) is 6.79. The molecule has 0 bridgehead atoms. The number of hydrogen-bond acceptors (Lipinski definition) is 5. The molecule has 3 aliphatic heterocycles. The first-order valence-electron chi connectivity index (χ1n) is 9.45. The van der Waals surface area contributed by atoms with Crippen LogP contribution in [0.15, 0.2) is 11.4 Å². The Bertz CT molecular complexity index is 529. The zero-order chi connectivity index (χ0) is 16.4. The molecule has 4 rings (SSSR count). The molecule has 0 aliphatic carbocycles. The molecule has 0 saturated carbocycles. The number of nitrogens with zero attached hydrogens (tertiary/aromatic N) is 2. The van der Waals surface area contributed by atoms with Gasteiger partial charge in [0.1, 0.15) is 0 Å². The number of fused-ring (bicyclic) bond motifs is 1. The molecule has 0 unspecified atom stereocenters. The van der Waals surface area contributed by atoms with E-state index in [0.29, 0.717) is 12.0 Å². The molecule has 4 heterocycles. The van der Waals surface area contributed by atoms with Crippen LogP contribution < -0.4 is 0 Å². The minimum atomic E-state index is 0.435. The van der Waals surface area contributed by atoms with E-state index in [4.69, 9.17) is 9.47 Å². The first-order chi connectivity index (χ1) is 11.8. The summed E-state index contributed by atoms with van der Waals surface area (Å²) in [7, 11) is 0. The lowest BCUT2D eigenvalue weighted by molar-refractivity contribution is 0.0454. The van der Waals surface area contributed by atoms with Gasteiger partial charge in [0.05, 0.1) is 12.7 Å². The molecule has 4 nitrogen and oxygen atoms in total. The third-order valence-electron chi connectivity index (χ3n) is 5.88.